The van der Waals surface area contributed by atoms with Crippen molar-refractivity contribution in [2.45, 2.75) is 13.5 Å². The number of hydroxylamine groups is 1. The second-order valence-electron chi connectivity index (χ2n) is 3.05. The van der Waals surface area contributed by atoms with E-state index in [-0.39, 0.29) is 0 Å². The van der Waals surface area contributed by atoms with Crippen molar-refractivity contribution in [3.8, 4) is 11.5 Å². The van der Waals surface area contributed by atoms with Gasteiger partial charge in [-0.2, -0.15) is 5.48 Å². The molecule has 1 aromatic rings. The van der Waals surface area contributed by atoms with Crippen LogP contribution in [-0.4, -0.2) is 13.4 Å². The van der Waals surface area contributed by atoms with Gasteiger partial charge in [0.2, 0.25) is 6.79 Å². The summed E-state index contributed by atoms with van der Waals surface area (Å²) in [5.41, 5.74) is 3.93. The molecule has 1 N–H and O–H groups in total. The van der Waals surface area contributed by atoms with Crippen LogP contribution in [0.2, 0.25) is 0 Å². The quantitative estimate of drug-likeness (QED) is 0.675. The van der Waals surface area contributed by atoms with Gasteiger partial charge in [-0.3, -0.25) is 0 Å². The molecule has 0 unspecified atom stereocenters. The Kier molecular flexibility index (Phi) is 3.45. The molecular formula is C10H12BrNO3. The molecule has 82 valence electrons. The van der Waals surface area contributed by atoms with Crippen LogP contribution in [0.15, 0.2) is 16.6 Å². The zero-order valence-corrected chi connectivity index (χ0v) is 9.96. The molecular weight excluding hydrogens is 262 g/mol. The molecule has 5 heteroatoms. The molecule has 0 spiro atoms. The lowest BCUT2D eigenvalue weighted by Gasteiger charge is -2.07. The minimum Gasteiger partial charge on any atom is -0.454 e. The molecule has 1 aromatic carbocycles. The Morgan fingerprint density at radius 3 is 2.87 bits per heavy atom. The predicted molar refractivity (Wildman–Crippen MR) is 58.7 cm³/mol. The molecule has 1 aliphatic rings. The lowest BCUT2D eigenvalue weighted by molar-refractivity contribution is 0.0462. The van der Waals surface area contributed by atoms with Crippen LogP contribution in [0.5, 0.6) is 11.5 Å². The van der Waals surface area contributed by atoms with Gasteiger partial charge in [0, 0.05) is 11.0 Å². The highest BCUT2D eigenvalue weighted by Crippen LogP contribution is 2.36. The summed E-state index contributed by atoms with van der Waals surface area (Å²) < 4.78 is 11.5. The number of hydrogen-bond donors (Lipinski definition) is 1. The largest absolute Gasteiger partial charge is 0.454 e. The van der Waals surface area contributed by atoms with E-state index in [1.165, 1.54) is 0 Å². The first-order valence-corrected chi connectivity index (χ1v) is 5.53. The van der Waals surface area contributed by atoms with E-state index >= 15 is 0 Å². The lowest BCUT2D eigenvalue weighted by Crippen LogP contribution is -2.13. The molecule has 0 fully saturated rings. The molecule has 0 atom stereocenters. The third-order valence-electron chi connectivity index (χ3n) is 2.05. The van der Waals surface area contributed by atoms with Crippen LogP contribution in [0.4, 0.5) is 0 Å². The van der Waals surface area contributed by atoms with E-state index in [1.807, 2.05) is 19.1 Å². The van der Waals surface area contributed by atoms with Gasteiger partial charge in [0.25, 0.3) is 0 Å². The molecule has 0 saturated carbocycles. The van der Waals surface area contributed by atoms with Crippen molar-refractivity contribution < 1.29 is 14.3 Å². The van der Waals surface area contributed by atoms with E-state index < -0.39 is 0 Å². The Labute approximate surface area is 96.6 Å². The van der Waals surface area contributed by atoms with Crippen LogP contribution in [-0.2, 0) is 11.4 Å². The first-order chi connectivity index (χ1) is 7.31. The van der Waals surface area contributed by atoms with E-state index in [2.05, 4.69) is 21.4 Å². The number of fused-ring (bicyclic) bond motifs is 1. The Bertz CT molecular complexity index is 357. The summed E-state index contributed by atoms with van der Waals surface area (Å²) in [7, 11) is 0. The van der Waals surface area contributed by atoms with Gasteiger partial charge in [0.1, 0.15) is 0 Å². The van der Waals surface area contributed by atoms with Crippen LogP contribution in [0.25, 0.3) is 0 Å². The third-order valence-corrected chi connectivity index (χ3v) is 2.79. The van der Waals surface area contributed by atoms with Crippen LogP contribution in [0.1, 0.15) is 12.5 Å². The second-order valence-corrected chi connectivity index (χ2v) is 3.91. The number of hydrogen-bond acceptors (Lipinski definition) is 4. The van der Waals surface area contributed by atoms with E-state index in [1.54, 1.807) is 0 Å². The van der Waals surface area contributed by atoms with Gasteiger partial charge < -0.3 is 14.3 Å². The summed E-state index contributed by atoms with van der Waals surface area (Å²) in [6.45, 7) is 3.50. The number of halogens is 1. The topological polar surface area (TPSA) is 39.7 Å². The van der Waals surface area contributed by atoms with E-state index in [9.17, 15) is 0 Å². The minimum atomic E-state index is 0.296. The fraction of sp³-hybridized carbons (Fsp3) is 0.400. The number of nitrogens with one attached hydrogen (secondary N) is 1. The van der Waals surface area contributed by atoms with Gasteiger partial charge in [0.15, 0.2) is 11.5 Å². The van der Waals surface area contributed by atoms with Gasteiger partial charge in [0.05, 0.1) is 6.61 Å². The van der Waals surface area contributed by atoms with Crippen molar-refractivity contribution in [3.05, 3.63) is 22.2 Å². The van der Waals surface area contributed by atoms with Crippen molar-refractivity contribution in [2.24, 2.45) is 0 Å². The molecule has 0 saturated heterocycles. The fourth-order valence-corrected chi connectivity index (χ4v) is 1.79. The monoisotopic (exact) mass is 273 g/mol. The molecule has 0 radical (unpaired) electrons. The first-order valence-electron chi connectivity index (χ1n) is 4.74. The van der Waals surface area contributed by atoms with Gasteiger partial charge >= 0.3 is 0 Å². The van der Waals surface area contributed by atoms with Crippen LogP contribution < -0.4 is 15.0 Å². The van der Waals surface area contributed by atoms with E-state index in [0.717, 1.165) is 21.5 Å². The summed E-state index contributed by atoms with van der Waals surface area (Å²) in [4.78, 5) is 5.07. The van der Waals surface area contributed by atoms with Crippen LogP contribution in [0.3, 0.4) is 0 Å². The zero-order chi connectivity index (χ0) is 10.7. The van der Waals surface area contributed by atoms with E-state index in [4.69, 9.17) is 14.3 Å². The molecule has 1 aliphatic heterocycles. The van der Waals surface area contributed by atoms with Crippen molar-refractivity contribution in [3.63, 3.8) is 0 Å². The molecule has 0 aromatic heterocycles. The van der Waals surface area contributed by atoms with Crippen molar-refractivity contribution >= 4 is 15.9 Å². The Hall–Kier alpha value is -0.780. The summed E-state index contributed by atoms with van der Waals surface area (Å²) in [6, 6.07) is 3.85. The molecule has 15 heavy (non-hydrogen) atoms. The van der Waals surface area contributed by atoms with Gasteiger partial charge in [-0.1, -0.05) is 15.9 Å². The average Bonchev–Trinajstić information content (AvgIpc) is 2.65. The summed E-state index contributed by atoms with van der Waals surface area (Å²) >= 11 is 3.47. The molecule has 4 nitrogen and oxygen atoms in total. The Balaban J connectivity index is 2.10. The zero-order valence-electron chi connectivity index (χ0n) is 8.38. The highest BCUT2D eigenvalue weighted by Gasteiger charge is 2.15. The number of rotatable bonds is 4. The maximum absolute atomic E-state index is 5.29. The molecule has 0 aliphatic carbocycles. The SMILES string of the molecule is CCONCc1cc2c(cc1Br)OCO2. The average molecular weight is 274 g/mol. The Morgan fingerprint density at radius 2 is 2.13 bits per heavy atom. The lowest BCUT2D eigenvalue weighted by atomic mass is 10.2. The second kappa shape index (κ2) is 4.83. The molecule has 0 amide bonds. The maximum atomic E-state index is 5.29. The number of ether oxygens (including phenoxy) is 2. The van der Waals surface area contributed by atoms with Crippen molar-refractivity contribution in [1.29, 1.82) is 0 Å². The van der Waals surface area contributed by atoms with Gasteiger partial charge in [-0.15, -0.1) is 0 Å². The van der Waals surface area contributed by atoms with Crippen molar-refractivity contribution in [2.75, 3.05) is 13.4 Å². The summed E-state index contributed by atoms with van der Waals surface area (Å²) in [6.07, 6.45) is 0. The van der Waals surface area contributed by atoms with Gasteiger partial charge in [-0.05, 0) is 24.6 Å². The highest BCUT2D eigenvalue weighted by atomic mass is 79.9. The highest BCUT2D eigenvalue weighted by molar-refractivity contribution is 9.10. The summed E-state index contributed by atoms with van der Waals surface area (Å²) in [5.74, 6) is 1.56. The summed E-state index contributed by atoms with van der Waals surface area (Å²) in [5, 5.41) is 0. The normalized spacial score (nSPS) is 13.2. The molecule has 0 bridgehead atoms. The van der Waals surface area contributed by atoms with Crippen LogP contribution in [0, 0.1) is 0 Å². The Morgan fingerprint density at radius 1 is 1.40 bits per heavy atom. The molecule has 2 rings (SSSR count). The van der Waals surface area contributed by atoms with Gasteiger partial charge in [-0.25, -0.2) is 0 Å². The minimum absolute atomic E-state index is 0.296. The van der Waals surface area contributed by atoms with E-state index in [0.29, 0.717) is 19.9 Å². The maximum Gasteiger partial charge on any atom is 0.231 e. The fourth-order valence-electron chi connectivity index (χ4n) is 1.33. The standard InChI is InChI=1S/C10H12BrNO3/c1-2-15-12-5-7-3-9-10(4-8(7)11)14-6-13-9/h3-4,12H,2,5-6H2,1H3. The van der Waals surface area contributed by atoms with Crippen molar-refractivity contribution in [1.82, 2.24) is 5.48 Å². The van der Waals surface area contributed by atoms with Crippen LogP contribution >= 0.6 is 15.9 Å². The predicted octanol–water partition coefficient (Wildman–Crippen LogP) is 2.22. The first kappa shape index (κ1) is 10.7. The smallest absolute Gasteiger partial charge is 0.231 e. The molecule has 1 heterocycles. The third kappa shape index (κ3) is 2.42. The number of benzene rings is 1.